The lowest BCUT2D eigenvalue weighted by atomic mass is 10.2. The molecule has 1 heterocycles. The summed E-state index contributed by atoms with van der Waals surface area (Å²) in [6.07, 6.45) is 0. The molecule has 0 unspecified atom stereocenters. The molecule has 8 nitrogen and oxygen atoms in total. The molecule has 2 rings (SSSR count). The summed E-state index contributed by atoms with van der Waals surface area (Å²) >= 11 is 0. The van der Waals surface area contributed by atoms with Crippen LogP contribution in [0.15, 0.2) is 29.2 Å². The first-order chi connectivity index (χ1) is 8.32. The Kier molecular flexibility index (Phi) is 2.64. The quantitative estimate of drug-likeness (QED) is 0.595. The zero-order valence-electron chi connectivity index (χ0n) is 8.90. The van der Waals surface area contributed by atoms with Crippen molar-refractivity contribution < 1.29 is 13.3 Å². The molecular weight excluding hydrogens is 260 g/mol. The number of anilines is 1. The van der Waals surface area contributed by atoms with Crippen molar-refractivity contribution in [1.82, 2.24) is 4.98 Å². The van der Waals surface area contributed by atoms with Crippen LogP contribution < -0.4 is 10.9 Å². The number of nitrogens with two attached hydrogens (primary N) is 2. The first kappa shape index (κ1) is 12.2. The van der Waals surface area contributed by atoms with Crippen LogP contribution in [0.5, 0.6) is 0 Å². The molecular formula is C9H8N4O4S. The van der Waals surface area contributed by atoms with E-state index in [-0.39, 0.29) is 10.9 Å². The van der Waals surface area contributed by atoms with E-state index in [1.54, 1.807) is 12.1 Å². The highest BCUT2D eigenvalue weighted by Crippen LogP contribution is 2.32. The molecule has 1 aromatic heterocycles. The number of aromatic nitrogens is 1. The summed E-state index contributed by atoms with van der Waals surface area (Å²) in [6, 6.07) is 6.00. The minimum absolute atomic E-state index is 0.141. The van der Waals surface area contributed by atoms with Crippen molar-refractivity contribution in [2.45, 2.75) is 4.90 Å². The minimum Gasteiger partial charge on any atom is -0.391 e. The molecule has 1 aromatic carbocycles. The Morgan fingerprint density at radius 1 is 1.28 bits per heavy atom. The normalized spacial score (nSPS) is 11.6. The third-order valence-electron chi connectivity index (χ3n) is 2.32. The van der Waals surface area contributed by atoms with Crippen molar-refractivity contribution in [2.75, 3.05) is 5.73 Å². The second kappa shape index (κ2) is 3.89. The van der Waals surface area contributed by atoms with Gasteiger partial charge >= 0.3 is 5.82 Å². The van der Waals surface area contributed by atoms with Gasteiger partial charge in [-0.2, -0.15) is 0 Å². The molecule has 0 saturated heterocycles. The second-order valence-corrected chi connectivity index (χ2v) is 5.00. The van der Waals surface area contributed by atoms with E-state index in [0.29, 0.717) is 0 Å². The smallest absolute Gasteiger partial charge is 0.388 e. The maximum Gasteiger partial charge on any atom is 0.388 e. The molecule has 2 aromatic rings. The van der Waals surface area contributed by atoms with Crippen molar-refractivity contribution in [3.8, 4) is 0 Å². The van der Waals surface area contributed by atoms with Crippen LogP contribution in [0.2, 0.25) is 0 Å². The number of benzene rings is 1. The molecule has 0 aliphatic carbocycles. The van der Waals surface area contributed by atoms with E-state index in [4.69, 9.17) is 10.9 Å². The average Bonchev–Trinajstić information content (AvgIpc) is 2.25. The molecule has 0 bridgehead atoms. The largest absolute Gasteiger partial charge is 0.391 e. The Labute approximate surface area is 101 Å². The van der Waals surface area contributed by atoms with Gasteiger partial charge in [0.2, 0.25) is 10.0 Å². The zero-order valence-corrected chi connectivity index (χ0v) is 9.72. The number of nitrogen functional groups attached to an aromatic ring is 1. The number of hydrogen-bond acceptors (Lipinski definition) is 6. The Bertz CT molecular complexity index is 756. The summed E-state index contributed by atoms with van der Waals surface area (Å²) in [7, 11) is -4.19. The van der Waals surface area contributed by atoms with Crippen LogP contribution in [0.1, 0.15) is 0 Å². The number of pyridine rings is 1. The molecule has 0 aliphatic heterocycles. The van der Waals surface area contributed by atoms with Gasteiger partial charge in [0.25, 0.3) is 0 Å². The number of primary sulfonamides is 1. The summed E-state index contributed by atoms with van der Waals surface area (Å²) in [4.78, 5) is 13.2. The zero-order chi connectivity index (χ0) is 13.5. The highest BCUT2D eigenvalue weighted by molar-refractivity contribution is 7.89. The van der Waals surface area contributed by atoms with Crippen LogP contribution in [-0.4, -0.2) is 18.3 Å². The maximum atomic E-state index is 11.5. The molecule has 0 amide bonds. The number of nitrogens with zero attached hydrogens (tertiary/aromatic N) is 2. The predicted molar refractivity (Wildman–Crippen MR) is 64.2 cm³/mol. The lowest BCUT2D eigenvalue weighted by Gasteiger charge is -2.06. The van der Waals surface area contributed by atoms with Gasteiger partial charge in [-0.25, -0.2) is 13.6 Å². The Morgan fingerprint density at radius 3 is 2.44 bits per heavy atom. The second-order valence-electron chi connectivity index (χ2n) is 3.50. The molecule has 4 N–H and O–H groups in total. The number of fused-ring (bicyclic) bond motifs is 1. The summed E-state index contributed by atoms with van der Waals surface area (Å²) in [5.41, 5.74) is 5.06. The van der Waals surface area contributed by atoms with E-state index in [9.17, 15) is 18.5 Å². The van der Waals surface area contributed by atoms with Crippen LogP contribution in [0.25, 0.3) is 10.9 Å². The van der Waals surface area contributed by atoms with Crippen molar-refractivity contribution in [1.29, 1.82) is 0 Å². The van der Waals surface area contributed by atoms with E-state index >= 15 is 0 Å². The molecule has 0 atom stereocenters. The molecule has 0 aliphatic rings. The van der Waals surface area contributed by atoms with Gasteiger partial charge in [0, 0.05) is 5.39 Å². The lowest BCUT2D eigenvalue weighted by Crippen LogP contribution is -2.16. The van der Waals surface area contributed by atoms with Crippen LogP contribution in [0.4, 0.5) is 11.5 Å². The lowest BCUT2D eigenvalue weighted by molar-refractivity contribution is -0.388. The van der Waals surface area contributed by atoms with Gasteiger partial charge in [-0.1, -0.05) is 12.1 Å². The SMILES string of the molecule is Nc1c([N+](=O)[O-])nc2ccccc2c1S(N)(=O)=O. The summed E-state index contributed by atoms with van der Waals surface area (Å²) in [6.45, 7) is 0. The summed E-state index contributed by atoms with van der Waals surface area (Å²) in [5.74, 6) is -0.724. The van der Waals surface area contributed by atoms with Gasteiger partial charge in [-0.05, 0) is 22.0 Å². The third-order valence-corrected chi connectivity index (χ3v) is 3.33. The van der Waals surface area contributed by atoms with Crippen molar-refractivity contribution in [3.63, 3.8) is 0 Å². The number of rotatable bonds is 2. The van der Waals surface area contributed by atoms with Crippen LogP contribution in [0, 0.1) is 10.1 Å². The molecule has 9 heteroatoms. The first-order valence-electron chi connectivity index (χ1n) is 4.68. The van der Waals surface area contributed by atoms with Crippen molar-refractivity contribution >= 4 is 32.4 Å². The number of sulfonamides is 1. The standard InChI is InChI=1S/C9H8N4O4S/c10-7-8(18(11,16)17)5-3-1-2-4-6(5)12-9(7)13(14)15/h1-4H,10H2,(H2,11,16,17). The highest BCUT2D eigenvalue weighted by atomic mass is 32.2. The predicted octanol–water partition coefficient (Wildman–Crippen LogP) is 0.373. The molecule has 0 fully saturated rings. The number of nitro groups is 1. The van der Waals surface area contributed by atoms with Crippen LogP contribution >= 0.6 is 0 Å². The van der Waals surface area contributed by atoms with Gasteiger partial charge in [0.05, 0.1) is 0 Å². The molecule has 0 spiro atoms. The molecule has 18 heavy (non-hydrogen) atoms. The summed E-state index contributed by atoms with van der Waals surface area (Å²) < 4.78 is 23.0. The topological polar surface area (TPSA) is 142 Å². The molecule has 0 radical (unpaired) electrons. The van der Waals surface area contributed by atoms with Crippen LogP contribution in [-0.2, 0) is 10.0 Å². The summed E-state index contributed by atoms with van der Waals surface area (Å²) in [5, 5.41) is 16.0. The van der Waals surface area contributed by atoms with Gasteiger partial charge in [0.1, 0.15) is 4.90 Å². The fraction of sp³-hybridized carbons (Fsp3) is 0. The number of hydrogen-bond donors (Lipinski definition) is 2. The van der Waals surface area contributed by atoms with Crippen molar-refractivity contribution in [2.24, 2.45) is 5.14 Å². The van der Waals surface area contributed by atoms with Gasteiger partial charge in [-0.15, -0.1) is 0 Å². The molecule has 94 valence electrons. The Balaban J connectivity index is 3.05. The van der Waals surface area contributed by atoms with E-state index < -0.39 is 31.3 Å². The fourth-order valence-electron chi connectivity index (χ4n) is 1.63. The Morgan fingerprint density at radius 2 is 1.89 bits per heavy atom. The fourth-order valence-corrected chi connectivity index (χ4v) is 2.51. The first-order valence-corrected chi connectivity index (χ1v) is 6.22. The third kappa shape index (κ3) is 1.85. The van der Waals surface area contributed by atoms with Gasteiger partial charge in [0.15, 0.2) is 11.2 Å². The van der Waals surface area contributed by atoms with Gasteiger partial charge < -0.3 is 15.8 Å². The van der Waals surface area contributed by atoms with Crippen LogP contribution in [0.3, 0.4) is 0 Å². The van der Waals surface area contributed by atoms with E-state index in [2.05, 4.69) is 4.98 Å². The van der Waals surface area contributed by atoms with E-state index in [0.717, 1.165) is 0 Å². The van der Waals surface area contributed by atoms with E-state index in [1.807, 2.05) is 0 Å². The monoisotopic (exact) mass is 268 g/mol. The Hall–Kier alpha value is -2.26. The number of para-hydroxylation sites is 1. The molecule has 0 saturated carbocycles. The van der Waals surface area contributed by atoms with Gasteiger partial charge in [-0.3, -0.25) is 0 Å². The average molecular weight is 268 g/mol. The minimum atomic E-state index is -4.19. The van der Waals surface area contributed by atoms with Crippen molar-refractivity contribution in [3.05, 3.63) is 34.4 Å². The highest BCUT2D eigenvalue weighted by Gasteiger charge is 2.27. The maximum absolute atomic E-state index is 11.5. The van der Waals surface area contributed by atoms with E-state index in [1.165, 1.54) is 12.1 Å².